The van der Waals surface area contributed by atoms with Gasteiger partial charge in [-0.2, -0.15) is 5.10 Å². The summed E-state index contributed by atoms with van der Waals surface area (Å²) in [5, 5.41) is 16.7. The third kappa shape index (κ3) is 5.18. The predicted molar refractivity (Wildman–Crippen MR) is 82.8 cm³/mol. The maximum Gasteiger partial charge on any atom is 0.140 e. The number of aryl methyl sites for hydroxylation is 2. The number of hydrogen-bond acceptors (Lipinski definition) is 5. The molecule has 1 aromatic heterocycles. The quantitative estimate of drug-likeness (QED) is 0.309. The summed E-state index contributed by atoms with van der Waals surface area (Å²) in [7, 11) is 3.55. The van der Waals surface area contributed by atoms with E-state index in [0.717, 1.165) is 24.4 Å². The van der Waals surface area contributed by atoms with Gasteiger partial charge in [-0.15, -0.1) is 0 Å². The molecule has 0 aliphatic carbocycles. The van der Waals surface area contributed by atoms with Crippen LogP contribution in [0.2, 0.25) is 5.02 Å². The Hall–Kier alpha value is -1.31. The van der Waals surface area contributed by atoms with Crippen LogP contribution in [0.15, 0.2) is 5.16 Å². The minimum atomic E-state index is 0.211. The Balaban J connectivity index is 2.77. The fraction of sp³-hybridized carbons (Fsp3) is 0.692. The molecular formula is C13H24ClN5O2. The fourth-order valence-electron chi connectivity index (χ4n) is 2.02. The summed E-state index contributed by atoms with van der Waals surface area (Å²) in [6.07, 6.45) is 1.28. The van der Waals surface area contributed by atoms with Crippen molar-refractivity contribution in [2.24, 2.45) is 17.9 Å². The van der Waals surface area contributed by atoms with E-state index in [1.54, 1.807) is 7.11 Å². The average molecular weight is 318 g/mol. The van der Waals surface area contributed by atoms with Crippen molar-refractivity contribution in [3.63, 3.8) is 0 Å². The molecule has 0 aliphatic rings. The highest BCUT2D eigenvalue weighted by molar-refractivity contribution is 6.31. The van der Waals surface area contributed by atoms with Crippen LogP contribution in [0.3, 0.4) is 0 Å². The van der Waals surface area contributed by atoms with Crippen molar-refractivity contribution in [1.29, 1.82) is 0 Å². The summed E-state index contributed by atoms with van der Waals surface area (Å²) in [6, 6.07) is 0. The number of methoxy groups -OCH3 is 1. The first-order chi connectivity index (χ1) is 10.0. The number of hydrogen-bond donors (Lipinski definition) is 2. The predicted octanol–water partition coefficient (Wildman–Crippen LogP) is 1.22. The lowest BCUT2D eigenvalue weighted by atomic mass is 10.2. The molecule has 1 rings (SSSR count). The van der Waals surface area contributed by atoms with E-state index in [9.17, 15) is 0 Å². The number of rotatable bonds is 9. The first-order valence-electron chi connectivity index (χ1n) is 6.91. The van der Waals surface area contributed by atoms with Crippen molar-refractivity contribution in [3.8, 4) is 0 Å². The van der Waals surface area contributed by atoms with Crippen LogP contribution in [0, 0.1) is 0 Å². The number of nitrogens with zero attached hydrogens (tertiary/aromatic N) is 4. The topological polar surface area (TPSA) is 88.9 Å². The molecule has 1 aromatic rings. The molecule has 0 spiro atoms. The van der Waals surface area contributed by atoms with Crippen molar-refractivity contribution in [3.05, 3.63) is 16.4 Å². The number of aromatic nitrogens is 2. The lowest BCUT2D eigenvalue weighted by Crippen LogP contribution is -2.31. The summed E-state index contributed by atoms with van der Waals surface area (Å²) >= 11 is 6.37. The second-order valence-electron chi connectivity index (χ2n) is 4.79. The molecule has 0 radical (unpaired) electrons. The fourth-order valence-corrected chi connectivity index (χ4v) is 2.37. The highest BCUT2D eigenvalue weighted by Gasteiger charge is 2.16. The molecule has 8 heteroatoms. The van der Waals surface area contributed by atoms with Gasteiger partial charge in [-0.25, -0.2) is 0 Å². The summed E-state index contributed by atoms with van der Waals surface area (Å²) in [4.78, 5) is 2.14. The number of oxime groups is 1. The Morgan fingerprint density at radius 1 is 1.52 bits per heavy atom. The Morgan fingerprint density at radius 2 is 2.24 bits per heavy atom. The van der Waals surface area contributed by atoms with Crippen molar-refractivity contribution in [1.82, 2.24) is 14.7 Å². The standard InChI is InChI=1S/C13H24ClN5O2/c1-4-10-13(14)11(18(2)16-10)9-19(7-8-21-3)6-5-12(15)17-20/h20H,4-9H2,1-3H3,(H2,15,17). The van der Waals surface area contributed by atoms with E-state index in [-0.39, 0.29) is 5.84 Å². The second kappa shape index (κ2) is 8.86. The molecule has 120 valence electrons. The maximum absolute atomic E-state index is 8.62. The minimum absolute atomic E-state index is 0.211. The number of ether oxygens (including phenoxy) is 1. The molecule has 0 fully saturated rings. The normalized spacial score (nSPS) is 12.3. The Morgan fingerprint density at radius 3 is 2.76 bits per heavy atom. The van der Waals surface area contributed by atoms with Crippen molar-refractivity contribution in [2.75, 3.05) is 26.8 Å². The van der Waals surface area contributed by atoms with Crippen LogP contribution in [-0.2, 0) is 24.8 Å². The van der Waals surface area contributed by atoms with E-state index < -0.39 is 0 Å². The molecular weight excluding hydrogens is 294 g/mol. The van der Waals surface area contributed by atoms with Gasteiger partial charge in [0.25, 0.3) is 0 Å². The van der Waals surface area contributed by atoms with Crippen LogP contribution in [-0.4, -0.2) is 52.5 Å². The molecule has 0 amide bonds. The van der Waals surface area contributed by atoms with E-state index in [1.165, 1.54) is 0 Å². The molecule has 0 saturated carbocycles. The maximum atomic E-state index is 8.62. The van der Waals surface area contributed by atoms with Gasteiger partial charge < -0.3 is 15.7 Å². The SMILES string of the molecule is CCc1nn(C)c(CN(CCOC)CCC(N)=NO)c1Cl. The first kappa shape index (κ1) is 17.7. The van der Waals surface area contributed by atoms with Gasteiger partial charge in [0.15, 0.2) is 0 Å². The molecule has 0 atom stereocenters. The zero-order valence-electron chi connectivity index (χ0n) is 12.8. The monoisotopic (exact) mass is 317 g/mol. The van der Waals surface area contributed by atoms with E-state index in [4.69, 9.17) is 27.3 Å². The zero-order chi connectivity index (χ0) is 15.8. The largest absolute Gasteiger partial charge is 0.409 e. The number of nitrogens with two attached hydrogens (primary N) is 1. The van der Waals surface area contributed by atoms with Gasteiger partial charge in [-0.1, -0.05) is 23.7 Å². The van der Waals surface area contributed by atoms with Gasteiger partial charge >= 0.3 is 0 Å². The molecule has 21 heavy (non-hydrogen) atoms. The lowest BCUT2D eigenvalue weighted by Gasteiger charge is -2.21. The average Bonchev–Trinajstić information content (AvgIpc) is 2.76. The number of amidine groups is 1. The van der Waals surface area contributed by atoms with Crippen molar-refractivity contribution in [2.45, 2.75) is 26.3 Å². The molecule has 1 heterocycles. The van der Waals surface area contributed by atoms with E-state index >= 15 is 0 Å². The van der Waals surface area contributed by atoms with Crippen molar-refractivity contribution < 1.29 is 9.94 Å². The Bertz CT molecular complexity index is 475. The van der Waals surface area contributed by atoms with Crippen LogP contribution < -0.4 is 5.73 Å². The number of halogens is 1. The molecule has 0 aliphatic heterocycles. The van der Waals surface area contributed by atoms with Crippen LogP contribution in [0.1, 0.15) is 24.7 Å². The zero-order valence-corrected chi connectivity index (χ0v) is 13.6. The van der Waals surface area contributed by atoms with Crippen molar-refractivity contribution >= 4 is 17.4 Å². The van der Waals surface area contributed by atoms with Crippen LogP contribution >= 0.6 is 11.6 Å². The summed E-state index contributed by atoms with van der Waals surface area (Å²) in [5.74, 6) is 0.211. The smallest absolute Gasteiger partial charge is 0.140 e. The third-order valence-corrected chi connectivity index (χ3v) is 3.74. The highest BCUT2D eigenvalue weighted by Crippen LogP contribution is 2.22. The Labute approximate surface area is 130 Å². The molecule has 7 nitrogen and oxygen atoms in total. The van der Waals surface area contributed by atoms with Gasteiger partial charge in [0.2, 0.25) is 0 Å². The van der Waals surface area contributed by atoms with Gasteiger partial charge in [-0.05, 0) is 6.42 Å². The minimum Gasteiger partial charge on any atom is -0.409 e. The molecule has 0 unspecified atom stereocenters. The third-order valence-electron chi connectivity index (χ3n) is 3.30. The molecule has 0 aromatic carbocycles. The van der Waals surface area contributed by atoms with Gasteiger partial charge in [0, 0.05) is 40.2 Å². The van der Waals surface area contributed by atoms with Gasteiger partial charge in [0.05, 0.1) is 23.0 Å². The van der Waals surface area contributed by atoms with Crippen LogP contribution in [0.25, 0.3) is 0 Å². The van der Waals surface area contributed by atoms with Gasteiger partial charge in [0.1, 0.15) is 5.84 Å². The van der Waals surface area contributed by atoms with E-state index in [2.05, 4.69) is 15.2 Å². The van der Waals surface area contributed by atoms with Crippen LogP contribution in [0.4, 0.5) is 0 Å². The Kier molecular flexibility index (Phi) is 7.49. The molecule has 0 saturated heterocycles. The molecule has 3 N–H and O–H groups in total. The second-order valence-corrected chi connectivity index (χ2v) is 5.17. The molecule has 0 bridgehead atoms. The summed E-state index contributed by atoms with van der Waals surface area (Å²) in [5.41, 5.74) is 7.39. The van der Waals surface area contributed by atoms with Gasteiger partial charge in [-0.3, -0.25) is 9.58 Å². The lowest BCUT2D eigenvalue weighted by molar-refractivity contribution is 0.144. The van der Waals surface area contributed by atoms with E-state index in [0.29, 0.717) is 31.1 Å². The van der Waals surface area contributed by atoms with Crippen LogP contribution in [0.5, 0.6) is 0 Å². The van der Waals surface area contributed by atoms with E-state index in [1.807, 2.05) is 18.7 Å². The summed E-state index contributed by atoms with van der Waals surface area (Å²) in [6.45, 7) is 4.66. The first-order valence-corrected chi connectivity index (χ1v) is 7.29. The summed E-state index contributed by atoms with van der Waals surface area (Å²) < 4.78 is 6.93. The highest BCUT2D eigenvalue weighted by atomic mass is 35.5.